The predicted octanol–water partition coefficient (Wildman–Crippen LogP) is 2.51. The molecule has 0 fully saturated rings. The molecule has 27 heavy (non-hydrogen) atoms. The van der Waals surface area contributed by atoms with E-state index < -0.39 is 10.0 Å². The van der Waals surface area contributed by atoms with Crippen LogP contribution < -0.4 is 9.62 Å². The van der Waals surface area contributed by atoms with E-state index in [1.165, 1.54) is 4.31 Å². The van der Waals surface area contributed by atoms with Gasteiger partial charge in [-0.15, -0.1) is 0 Å². The largest absolute Gasteiger partial charge is 0.383 e. The highest BCUT2D eigenvalue weighted by Crippen LogP contribution is 2.37. The van der Waals surface area contributed by atoms with Crippen molar-refractivity contribution in [3.8, 4) is 0 Å². The molecule has 0 saturated heterocycles. The molecule has 0 unspecified atom stereocenters. The molecular formula is C20H24N2O4S. The van der Waals surface area contributed by atoms with Gasteiger partial charge in [-0.1, -0.05) is 17.7 Å². The van der Waals surface area contributed by atoms with E-state index in [0.717, 1.165) is 11.1 Å². The van der Waals surface area contributed by atoms with Crippen LogP contribution in [0, 0.1) is 6.92 Å². The molecular weight excluding hydrogens is 364 g/mol. The number of benzene rings is 2. The van der Waals surface area contributed by atoms with Crippen LogP contribution in [-0.2, 0) is 21.2 Å². The van der Waals surface area contributed by atoms with Crippen molar-refractivity contribution in [2.24, 2.45) is 0 Å². The molecule has 1 aliphatic heterocycles. The molecule has 1 amide bonds. The van der Waals surface area contributed by atoms with Crippen LogP contribution in [0.3, 0.4) is 0 Å². The number of amides is 1. The molecule has 2 aromatic rings. The van der Waals surface area contributed by atoms with Gasteiger partial charge in [0, 0.05) is 25.3 Å². The fourth-order valence-corrected chi connectivity index (χ4v) is 5.00. The summed E-state index contributed by atoms with van der Waals surface area (Å²) in [7, 11) is -2.08. The minimum atomic E-state index is -3.65. The molecule has 0 saturated carbocycles. The molecule has 0 aliphatic carbocycles. The Morgan fingerprint density at radius 2 is 1.93 bits per heavy atom. The molecule has 6 nitrogen and oxygen atoms in total. The maximum Gasteiger partial charge on any atom is 0.264 e. The van der Waals surface area contributed by atoms with Crippen LogP contribution in [0.25, 0.3) is 0 Å². The quantitative estimate of drug-likeness (QED) is 0.772. The van der Waals surface area contributed by atoms with Crippen LogP contribution >= 0.6 is 0 Å². The van der Waals surface area contributed by atoms with Crippen molar-refractivity contribution in [2.75, 3.05) is 24.6 Å². The van der Waals surface area contributed by atoms with E-state index >= 15 is 0 Å². The third kappa shape index (κ3) is 3.84. The van der Waals surface area contributed by atoms with E-state index in [2.05, 4.69) is 5.32 Å². The fourth-order valence-electron chi connectivity index (χ4n) is 3.30. The van der Waals surface area contributed by atoms with Crippen LogP contribution in [0.4, 0.5) is 5.69 Å². The highest BCUT2D eigenvalue weighted by molar-refractivity contribution is 7.92. The van der Waals surface area contributed by atoms with Crippen molar-refractivity contribution in [3.05, 3.63) is 59.2 Å². The lowest BCUT2D eigenvalue weighted by atomic mass is 10.1. The third-order valence-electron chi connectivity index (χ3n) is 4.66. The average Bonchev–Trinajstić information content (AvgIpc) is 2.97. The molecule has 0 aromatic heterocycles. The van der Waals surface area contributed by atoms with Crippen molar-refractivity contribution >= 4 is 21.6 Å². The zero-order valence-corrected chi connectivity index (χ0v) is 16.5. The summed E-state index contributed by atoms with van der Waals surface area (Å²) in [4.78, 5) is 12.5. The third-order valence-corrected chi connectivity index (χ3v) is 6.61. The SMILES string of the molecule is COCCNC(=O)c1ccc2c(c1)C[C@H](C)N2S(=O)(=O)c1ccc(C)cc1. The summed E-state index contributed by atoms with van der Waals surface area (Å²) in [6.45, 7) is 4.67. The van der Waals surface area contributed by atoms with Gasteiger partial charge >= 0.3 is 0 Å². The number of methoxy groups -OCH3 is 1. The molecule has 0 spiro atoms. The van der Waals surface area contributed by atoms with Gasteiger partial charge in [-0.25, -0.2) is 8.42 Å². The zero-order valence-electron chi connectivity index (χ0n) is 15.7. The molecule has 2 aromatic carbocycles. The number of sulfonamides is 1. The molecule has 0 radical (unpaired) electrons. The second kappa shape index (κ2) is 7.70. The van der Waals surface area contributed by atoms with Crippen LogP contribution in [0.1, 0.15) is 28.4 Å². The number of anilines is 1. The first-order valence-electron chi connectivity index (χ1n) is 8.85. The van der Waals surface area contributed by atoms with Gasteiger partial charge in [0.1, 0.15) is 0 Å². The van der Waals surface area contributed by atoms with Gasteiger partial charge in [0.15, 0.2) is 0 Å². The number of fused-ring (bicyclic) bond motifs is 1. The Hall–Kier alpha value is -2.38. The number of aryl methyl sites for hydroxylation is 1. The number of carbonyl (C=O) groups excluding carboxylic acids is 1. The summed E-state index contributed by atoms with van der Waals surface area (Å²) < 4.78 is 32.7. The van der Waals surface area contributed by atoms with Gasteiger partial charge in [0.2, 0.25) is 0 Å². The monoisotopic (exact) mass is 388 g/mol. The first-order valence-corrected chi connectivity index (χ1v) is 10.3. The highest BCUT2D eigenvalue weighted by atomic mass is 32.2. The van der Waals surface area contributed by atoms with Crippen molar-refractivity contribution in [1.29, 1.82) is 0 Å². The molecule has 144 valence electrons. The van der Waals surface area contributed by atoms with Gasteiger partial charge < -0.3 is 10.1 Å². The Bertz CT molecular complexity index is 939. The molecule has 1 N–H and O–H groups in total. The number of hydrogen-bond donors (Lipinski definition) is 1. The first kappa shape index (κ1) is 19.4. The Balaban J connectivity index is 1.89. The van der Waals surface area contributed by atoms with Crippen LogP contribution in [-0.4, -0.2) is 40.6 Å². The van der Waals surface area contributed by atoms with Gasteiger partial charge in [-0.05, 0) is 56.2 Å². The summed E-state index contributed by atoms with van der Waals surface area (Å²) >= 11 is 0. The van der Waals surface area contributed by atoms with E-state index in [-0.39, 0.29) is 16.8 Å². The topological polar surface area (TPSA) is 75.7 Å². The number of carbonyl (C=O) groups is 1. The number of nitrogens with zero attached hydrogens (tertiary/aromatic N) is 1. The fraction of sp³-hybridized carbons (Fsp3) is 0.350. The molecule has 0 bridgehead atoms. The summed E-state index contributed by atoms with van der Waals surface area (Å²) in [6.07, 6.45) is 0.569. The standard InChI is InChI=1S/C20H24N2O4S/c1-14-4-7-18(8-5-14)27(24,25)22-15(2)12-17-13-16(6-9-19(17)22)20(23)21-10-11-26-3/h4-9,13,15H,10-12H2,1-3H3,(H,21,23)/t15-/m0/s1. The van der Waals surface area contributed by atoms with Crippen molar-refractivity contribution in [1.82, 2.24) is 5.32 Å². The number of ether oxygens (including phenoxy) is 1. The number of hydrogen-bond acceptors (Lipinski definition) is 4. The summed E-state index contributed by atoms with van der Waals surface area (Å²) in [6, 6.07) is 11.8. The Labute approximate surface area is 160 Å². The van der Waals surface area contributed by atoms with Crippen molar-refractivity contribution < 1.29 is 17.9 Å². The molecule has 1 aliphatic rings. The predicted molar refractivity (Wildman–Crippen MR) is 105 cm³/mol. The second-order valence-electron chi connectivity index (χ2n) is 6.76. The van der Waals surface area contributed by atoms with E-state index in [1.54, 1.807) is 49.6 Å². The lowest BCUT2D eigenvalue weighted by Gasteiger charge is -2.24. The van der Waals surface area contributed by atoms with Gasteiger partial charge in [-0.3, -0.25) is 9.10 Å². The Morgan fingerprint density at radius 1 is 1.22 bits per heavy atom. The van der Waals surface area contributed by atoms with Gasteiger partial charge in [0.05, 0.1) is 17.2 Å². The van der Waals surface area contributed by atoms with Gasteiger partial charge in [-0.2, -0.15) is 0 Å². The van der Waals surface area contributed by atoms with E-state index in [9.17, 15) is 13.2 Å². The number of nitrogens with one attached hydrogen (secondary N) is 1. The smallest absolute Gasteiger partial charge is 0.264 e. The second-order valence-corrected chi connectivity index (χ2v) is 8.57. The van der Waals surface area contributed by atoms with E-state index in [4.69, 9.17) is 4.74 Å². The average molecular weight is 388 g/mol. The summed E-state index contributed by atoms with van der Waals surface area (Å²) in [5.74, 6) is -0.192. The van der Waals surface area contributed by atoms with E-state index in [0.29, 0.717) is 30.8 Å². The van der Waals surface area contributed by atoms with Crippen molar-refractivity contribution in [3.63, 3.8) is 0 Å². The molecule has 1 heterocycles. The Morgan fingerprint density at radius 3 is 2.59 bits per heavy atom. The minimum Gasteiger partial charge on any atom is -0.383 e. The normalized spacial score (nSPS) is 16.3. The lowest BCUT2D eigenvalue weighted by Crippen LogP contribution is -2.35. The number of rotatable bonds is 6. The Kier molecular flexibility index (Phi) is 5.53. The van der Waals surface area contributed by atoms with E-state index in [1.807, 2.05) is 13.8 Å². The lowest BCUT2D eigenvalue weighted by molar-refractivity contribution is 0.0937. The molecule has 3 rings (SSSR count). The summed E-state index contributed by atoms with van der Waals surface area (Å²) in [5, 5.41) is 2.78. The van der Waals surface area contributed by atoms with Crippen LogP contribution in [0.15, 0.2) is 47.4 Å². The first-order chi connectivity index (χ1) is 12.8. The molecule has 7 heteroatoms. The van der Waals surface area contributed by atoms with Crippen molar-refractivity contribution in [2.45, 2.75) is 31.2 Å². The minimum absolute atomic E-state index is 0.192. The van der Waals surface area contributed by atoms with Crippen LogP contribution in [0.2, 0.25) is 0 Å². The summed E-state index contributed by atoms with van der Waals surface area (Å²) in [5.41, 5.74) is 3.02. The van der Waals surface area contributed by atoms with Crippen LogP contribution in [0.5, 0.6) is 0 Å². The maximum absolute atomic E-state index is 13.1. The van der Waals surface area contributed by atoms with Gasteiger partial charge in [0.25, 0.3) is 15.9 Å². The zero-order chi connectivity index (χ0) is 19.6. The molecule has 1 atom stereocenters. The highest BCUT2D eigenvalue weighted by Gasteiger charge is 2.36. The maximum atomic E-state index is 13.1.